The molecule has 3 fully saturated rings. The van der Waals surface area contributed by atoms with Gasteiger partial charge >= 0.3 is 6.09 Å². The average molecular weight is 1090 g/mol. The number of aromatic amines is 1. The Balaban J connectivity index is 1.12. The molecule has 0 radical (unpaired) electrons. The van der Waals surface area contributed by atoms with Crippen LogP contribution in [0.1, 0.15) is 65.1 Å². The van der Waals surface area contributed by atoms with E-state index >= 15 is 28.8 Å². The van der Waals surface area contributed by atoms with Crippen LogP contribution in [0.15, 0.2) is 140 Å². The van der Waals surface area contributed by atoms with E-state index in [0.29, 0.717) is 42.1 Å². The Labute approximate surface area is 464 Å². The topological polar surface area (TPSA) is 267 Å². The SMILES string of the molecule is Cc1cccc2[nH]cc(C[C@H]3NC(=O)[C@H](c4ccccc4)NC(=O)[C@@H]4C[C@@H](OC(=O)NCCN)CN4C(=O)[C@H](Cc4ccccc4)NC(=O)[C@H](Cc4ccc(OCc5ccccc5)cc4)NC(=O)[C@H](CC4CCNCC4)NC3=O)c12. The Bertz CT molecular complexity index is 3100. The van der Waals surface area contributed by atoms with Crippen LogP contribution < -0.4 is 47.7 Å². The number of aromatic nitrogens is 1. The molecule has 4 heterocycles. The number of alkyl carbamates (subject to hydrolysis) is 1. The summed E-state index contributed by atoms with van der Waals surface area (Å²) in [6, 6.07) is 32.3. The first-order valence-electron chi connectivity index (χ1n) is 27.5. The predicted molar refractivity (Wildman–Crippen MR) is 301 cm³/mol. The minimum atomic E-state index is -1.41. The summed E-state index contributed by atoms with van der Waals surface area (Å²) >= 11 is 0. The molecule has 3 aliphatic rings. The fraction of sp³-hybridized carbons (Fsp3) is 0.361. The molecule has 19 heteroatoms. The van der Waals surface area contributed by atoms with Crippen molar-refractivity contribution in [2.75, 3.05) is 32.7 Å². The van der Waals surface area contributed by atoms with Gasteiger partial charge in [0, 0.05) is 55.9 Å². The van der Waals surface area contributed by atoms with Gasteiger partial charge in [0.1, 0.15) is 54.7 Å². The van der Waals surface area contributed by atoms with Crippen LogP contribution in [0.4, 0.5) is 4.79 Å². The molecule has 9 rings (SSSR count). The number of piperidine rings is 1. The number of nitrogens with one attached hydrogen (secondary N) is 8. The summed E-state index contributed by atoms with van der Waals surface area (Å²) in [5.41, 5.74) is 10.8. The number of carbonyl (C=O) groups is 7. The molecular weight excluding hydrogens is 1020 g/mol. The van der Waals surface area contributed by atoms with Gasteiger partial charge in [-0.25, -0.2) is 4.79 Å². The Morgan fingerprint density at radius 3 is 1.94 bits per heavy atom. The van der Waals surface area contributed by atoms with Gasteiger partial charge in [0.15, 0.2) is 0 Å². The summed E-state index contributed by atoms with van der Waals surface area (Å²) in [5, 5.41) is 21.7. The standard InChI is InChI=1S/C61H70N10O9/c1-38-12-11-19-47-53(38)44(35-65-47)33-50-57(74)67-49(31-41-24-27-63-28-25-41)55(72)66-48(30-40-20-22-45(23-21-40)79-37-42-15-7-3-8-16-42)56(73)69-51(32-39-13-5-2-6-14-39)60(77)71-36-46(80-61(78)64-29-26-62)34-52(71)58(75)70-54(59(76)68-50)43-17-9-4-10-18-43/h2-23,35,41,46,48-52,54,63,65H,24-34,36-37,62H2,1H3,(H,64,78)(H,66,72)(H,67,74)(H,68,76)(H,69,73)(H,70,75)/t46-,48+,49+,50-,51+,52+,54+/m1/s1. The van der Waals surface area contributed by atoms with E-state index in [9.17, 15) is 4.79 Å². The fourth-order valence-corrected chi connectivity index (χ4v) is 10.9. The van der Waals surface area contributed by atoms with Crippen LogP contribution in [-0.4, -0.2) is 120 Å². The maximum Gasteiger partial charge on any atom is 0.407 e. The first-order valence-corrected chi connectivity index (χ1v) is 27.5. The molecule has 0 aliphatic carbocycles. The van der Waals surface area contributed by atoms with Crippen molar-refractivity contribution < 1.29 is 43.0 Å². The molecule has 7 atom stereocenters. The van der Waals surface area contributed by atoms with Crippen LogP contribution in [0, 0.1) is 12.8 Å². The van der Waals surface area contributed by atoms with Crippen LogP contribution in [0.2, 0.25) is 0 Å². The van der Waals surface area contributed by atoms with Crippen molar-refractivity contribution in [3.63, 3.8) is 0 Å². The molecule has 1 aromatic heterocycles. The highest BCUT2D eigenvalue weighted by molar-refractivity contribution is 5.99. The van der Waals surface area contributed by atoms with Gasteiger partial charge in [-0.05, 0) is 96.8 Å². The van der Waals surface area contributed by atoms with Gasteiger partial charge in [0.2, 0.25) is 35.4 Å². The lowest BCUT2D eigenvalue weighted by molar-refractivity contribution is -0.143. The van der Waals surface area contributed by atoms with Crippen molar-refractivity contribution >= 4 is 52.4 Å². The Kier molecular flexibility index (Phi) is 18.9. The van der Waals surface area contributed by atoms with Crippen molar-refractivity contribution in [1.29, 1.82) is 0 Å². The second kappa shape index (κ2) is 26.9. The van der Waals surface area contributed by atoms with E-state index in [0.717, 1.165) is 40.4 Å². The van der Waals surface area contributed by atoms with Crippen molar-refractivity contribution in [1.82, 2.24) is 47.1 Å². The van der Waals surface area contributed by atoms with E-state index in [4.69, 9.17) is 15.2 Å². The number of carbonyl (C=O) groups excluding carboxylic acids is 7. The second-order valence-corrected chi connectivity index (χ2v) is 20.8. The van der Waals surface area contributed by atoms with Gasteiger partial charge in [-0.3, -0.25) is 28.8 Å². The number of fused-ring (bicyclic) bond motifs is 2. The zero-order valence-corrected chi connectivity index (χ0v) is 44.8. The highest BCUT2D eigenvalue weighted by Crippen LogP contribution is 2.28. The Morgan fingerprint density at radius 2 is 1.24 bits per heavy atom. The third-order valence-corrected chi connectivity index (χ3v) is 15.1. The maximum atomic E-state index is 15.4. The molecule has 3 saturated heterocycles. The number of nitrogens with two attached hydrogens (primary N) is 1. The van der Waals surface area contributed by atoms with Gasteiger partial charge in [-0.2, -0.15) is 0 Å². The number of ether oxygens (including phenoxy) is 2. The number of hydrogen-bond acceptors (Lipinski definition) is 11. The van der Waals surface area contributed by atoms with Crippen LogP contribution in [0.3, 0.4) is 0 Å². The summed E-state index contributed by atoms with van der Waals surface area (Å²) in [4.78, 5) is 109. The first-order chi connectivity index (χ1) is 38.9. The van der Waals surface area contributed by atoms with Crippen LogP contribution >= 0.6 is 0 Å². The number of amides is 7. The van der Waals surface area contributed by atoms with Gasteiger partial charge in [0.05, 0.1) is 6.54 Å². The number of hydrogen-bond donors (Lipinski definition) is 9. The number of benzene rings is 5. The predicted octanol–water partition coefficient (Wildman–Crippen LogP) is 3.94. The number of aryl methyl sites for hydroxylation is 1. The molecule has 19 nitrogen and oxygen atoms in total. The molecule has 418 valence electrons. The van der Waals surface area contributed by atoms with Crippen molar-refractivity contribution in [3.8, 4) is 5.75 Å². The lowest BCUT2D eigenvalue weighted by atomic mass is 9.90. The van der Waals surface area contributed by atoms with Crippen LogP contribution in [0.5, 0.6) is 5.75 Å². The van der Waals surface area contributed by atoms with Gasteiger partial charge in [-0.1, -0.05) is 115 Å². The third-order valence-electron chi connectivity index (χ3n) is 15.1. The number of rotatable bonds is 15. The number of H-pyrrole nitrogens is 1. The highest BCUT2D eigenvalue weighted by atomic mass is 16.6. The first kappa shape index (κ1) is 56.2. The Morgan fingerprint density at radius 1 is 0.637 bits per heavy atom. The molecule has 10 N–H and O–H groups in total. The normalized spacial score (nSPS) is 22.6. The lowest BCUT2D eigenvalue weighted by Gasteiger charge is -2.32. The highest BCUT2D eigenvalue weighted by Gasteiger charge is 2.45. The quantitative estimate of drug-likeness (QED) is 0.0711. The van der Waals surface area contributed by atoms with Crippen LogP contribution in [0.25, 0.3) is 10.9 Å². The molecule has 0 unspecified atom stereocenters. The van der Waals surface area contributed by atoms with Gasteiger partial charge in [-0.15, -0.1) is 0 Å². The smallest absolute Gasteiger partial charge is 0.407 e. The zero-order chi connectivity index (χ0) is 56.0. The summed E-state index contributed by atoms with van der Waals surface area (Å²) in [5.74, 6) is -3.58. The average Bonchev–Trinajstić information content (AvgIpc) is 4.10. The summed E-state index contributed by atoms with van der Waals surface area (Å²) < 4.78 is 11.8. The molecule has 3 aliphatic heterocycles. The van der Waals surface area contributed by atoms with Gasteiger partial charge < -0.3 is 62.3 Å². The van der Waals surface area contributed by atoms with Crippen LogP contribution in [-0.2, 0) is 59.4 Å². The molecule has 80 heavy (non-hydrogen) atoms. The molecule has 0 bridgehead atoms. The molecule has 5 aromatic carbocycles. The summed E-state index contributed by atoms with van der Waals surface area (Å²) in [6.07, 6.45) is 1.37. The molecule has 0 spiro atoms. The van der Waals surface area contributed by atoms with E-state index in [2.05, 4.69) is 42.2 Å². The van der Waals surface area contributed by atoms with E-state index in [1.54, 1.807) is 85.1 Å². The summed E-state index contributed by atoms with van der Waals surface area (Å²) in [7, 11) is 0. The molecule has 0 saturated carbocycles. The van der Waals surface area contributed by atoms with E-state index in [1.165, 1.54) is 4.90 Å². The lowest BCUT2D eigenvalue weighted by Crippen LogP contribution is -2.61. The van der Waals surface area contributed by atoms with E-state index in [1.807, 2.05) is 61.5 Å². The monoisotopic (exact) mass is 1090 g/mol. The largest absolute Gasteiger partial charge is 0.489 e. The minimum Gasteiger partial charge on any atom is -0.489 e. The zero-order valence-electron chi connectivity index (χ0n) is 44.8. The number of nitrogens with zero attached hydrogens (tertiary/aromatic N) is 1. The van der Waals surface area contributed by atoms with E-state index < -0.39 is 83.9 Å². The maximum absolute atomic E-state index is 15.4. The second-order valence-electron chi connectivity index (χ2n) is 20.8. The molecule has 6 aromatic rings. The minimum absolute atomic E-state index is 0.00340. The van der Waals surface area contributed by atoms with Crippen molar-refractivity contribution in [3.05, 3.63) is 173 Å². The molecule has 7 amide bonds. The Hall–Kier alpha value is -8.55. The molecular formula is C61H70N10O9. The van der Waals surface area contributed by atoms with Crippen molar-refractivity contribution in [2.45, 2.75) is 101 Å². The van der Waals surface area contributed by atoms with E-state index in [-0.39, 0.29) is 57.7 Å². The van der Waals surface area contributed by atoms with Gasteiger partial charge in [0.25, 0.3) is 0 Å². The van der Waals surface area contributed by atoms with Crippen molar-refractivity contribution in [2.24, 2.45) is 11.7 Å². The third kappa shape index (κ3) is 14.6. The summed E-state index contributed by atoms with van der Waals surface area (Å²) in [6.45, 7) is 3.69. The fourth-order valence-electron chi connectivity index (χ4n) is 10.9.